The van der Waals surface area contributed by atoms with Crippen LogP contribution in [0.5, 0.6) is 5.75 Å². The van der Waals surface area contributed by atoms with E-state index in [9.17, 15) is 14.4 Å². The topological polar surface area (TPSA) is 109 Å². The van der Waals surface area contributed by atoms with E-state index in [0.717, 1.165) is 0 Å². The maximum absolute atomic E-state index is 12.4. The van der Waals surface area contributed by atoms with Gasteiger partial charge in [0.1, 0.15) is 5.75 Å². The number of para-hydroxylation sites is 2. The molecular formula is C26H28N4O4. The molecule has 3 aromatic rings. The third-order valence-corrected chi connectivity index (χ3v) is 4.73. The molecule has 0 radical (unpaired) electrons. The van der Waals surface area contributed by atoms with Crippen LogP contribution >= 0.6 is 0 Å². The second-order valence-corrected chi connectivity index (χ2v) is 7.36. The predicted molar refractivity (Wildman–Crippen MR) is 133 cm³/mol. The molecule has 0 fully saturated rings. The first-order chi connectivity index (χ1) is 16.5. The SMILES string of the molecule is CCOc1ccccc1C(=O)NCCCC(=O)Nc1cccc(NC(=O)Nc2ccccc2)c1. The van der Waals surface area contributed by atoms with Gasteiger partial charge in [0.25, 0.3) is 5.91 Å². The number of amides is 4. The van der Waals surface area contributed by atoms with Crippen LogP contribution in [0.25, 0.3) is 0 Å². The van der Waals surface area contributed by atoms with E-state index in [1.807, 2.05) is 31.2 Å². The summed E-state index contributed by atoms with van der Waals surface area (Å²) in [5.41, 5.74) is 2.26. The lowest BCUT2D eigenvalue weighted by atomic mass is 10.2. The summed E-state index contributed by atoms with van der Waals surface area (Å²) in [5.74, 6) is 0.109. The molecule has 0 saturated carbocycles. The summed E-state index contributed by atoms with van der Waals surface area (Å²) in [4.78, 5) is 36.8. The van der Waals surface area contributed by atoms with Crippen molar-refractivity contribution in [1.29, 1.82) is 0 Å². The average molecular weight is 461 g/mol. The molecule has 0 unspecified atom stereocenters. The molecule has 3 aromatic carbocycles. The van der Waals surface area contributed by atoms with Gasteiger partial charge in [-0.3, -0.25) is 9.59 Å². The fourth-order valence-electron chi connectivity index (χ4n) is 3.19. The zero-order chi connectivity index (χ0) is 24.2. The van der Waals surface area contributed by atoms with Gasteiger partial charge < -0.3 is 26.0 Å². The lowest BCUT2D eigenvalue weighted by molar-refractivity contribution is -0.116. The molecule has 4 N–H and O–H groups in total. The molecule has 0 atom stereocenters. The Morgan fingerprint density at radius 3 is 2.18 bits per heavy atom. The third-order valence-electron chi connectivity index (χ3n) is 4.73. The maximum atomic E-state index is 12.4. The van der Waals surface area contributed by atoms with Crippen LogP contribution < -0.4 is 26.0 Å². The van der Waals surface area contributed by atoms with Gasteiger partial charge in [-0.15, -0.1) is 0 Å². The first kappa shape index (κ1) is 24.3. The Morgan fingerprint density at radius 1 is 0.765 bits per heavy atom. The van der Waals surface area contributed by atoms with Crippen molar-refractivity contribution in [1.82, 2.24) is 5.32 Å². The van der Waals surface area contributed by atoms with E-state index in [-0.39, 0.29) is 24.3 Å². The van der Waals surface area contributed by atoms with Gasteiger partial charge in [0.05, 0.1) is 12.2 Å². The van der Waals surface area contributed by atoms with Crippen LogP contribution in [0.4, 0.5) is 21.9 Å². The fourth-order valence-corrected chi connectivity index (χ4v) is 3.19. The summed E-state index contributed by atoms with van der Waals surface area (Å²) >= 11 is 0. The van der Waals surface area contributed by atoms with Gasteiger partial charge in [-0.25, -0.2) is 4.79 Å². The molecule has 0 aliphatic carbocycles. The summed E-state index contributed by atoms with van der Waals surface area (Å²) in [6.07, 6.45) is 0.714. The lowest BCUT2D eigenvalue weighted by Gasteiger charge is -2.11. The van der Waals surface area contributed by atoms with Gasteiger partial charge in [0.15, 0.2) is 0 Å². The Morgan fingerprint density at radius 2 is 1.41 bits per heavy atom. The second kappa shape index (κ2) is 12.6. The van der Waals surface area contributed by atoms with Crippen LogP contribution in [-0.4, -0.2) is 31.0 Å². The van der Waals surface area contributed by atoms with Gasteiger partial charge in [0.2, 0.25) is 5.91 Å². The molecule has 34 heavy (non-hydrogen) atoms. The summed E-state index contributed by atoms with van der Waals surface area (Å²) in [6, 6.07) is 22.7. The molecule has 0 aliphatic rings. The van der Waals surface area contributed by atoms with Crippen molar-refractivity contribution in [2.45, 2.75) is 19.8 Å². The monoisotopic (exact) mass is 460 g/mol. The van der Waals surface area contributed by atoms with Gasteiger partial charge in [-0.05, 0) is 55.8 Å². The molecule has 8 nitrogen and oxygen atoms in total. The quantitative estimate of drug-likeness (QED) is 0.323. The van der Waals surface area contributed by atoms with Crippen LogP contribution in [-0.2, 0) is 4.79 Å². The molecule has 0 heterocycles. The van der Waals surface area contributed by atoms with Gasteiger partial charge >= 0.3 is 6.03 Å². The number of carbonyl (C=O) groups is 3. The summed E-state index contributed by atoms with van der Waals surface area (Å²) < 4.78 is 5.48. The number of nitrogens with one attached hydrogen (secondary N) is 4. The van der Waals surface area contributed by atoms with Crippen molar-refractivity contribution in [3.8, 4) is 5.75 Å². The van der Waals surface area contributed by atoms with E-state index in [2.05, 4.69) is 21.3 Å². The van der Waals surface area contributed by atoms with Gasteiger partial charge in [-0.2, -0.15) is 0 Å². The highest BCUT2D eigenvalue weighted by Gasteiger charge is 2.11. The smallest absolute Gasteiger partial charge is 0.323 e. The minimum atomic E-state index is -0.378. The molecule has 4 amide bonds. The normalized spacial score (nSPS) is 10.1. The van der Waals surface area contributed by atoms with Crippen LogP contribution in [0.1, 0.15) is 30.1 Å². The molecule has 0 saturated heterocycles. The highest BCUT2D eigenvalue weighted by atomic mass is 16.5. The Hall–Kier alpha value is -4.33. The first-order valence-electron chi connectivity index (χ1n) is 11.1. The van der Waals surface area contributed by atoms with Crippen molar-refractivity contribution < 1.29 is 19.1 Å². The number of rotatable bonds is 10. The number of carbonyl (C=O) groups excluding carboxylic acids is 3. The molecule has 0 spiro atoms. The van der Waals surface area contributed by atoms with Gasteiger partial charge in [-0.1, -0.05) is 36.4 Å². The van der Waals surface area contributed by atoms with E-state index in [1.165, 1.54) is 0 Å². The van der Waals surface area contributed by atoms with Crippen molar-refractivity contribution in [2.24, 2.45) is 0 Å². The number of hydrogen-bond donors (Lipinski definition) is 4. The molecule has 0 bridgehead atoms. The lowest BCUT2D eigenvalue weighted by Crippen LogP contribution is -2.26. The van der Waals surface area contributed by atoms with Crippen molar-refractivity contribution in [3.63, 3.8) is 0 Å². The standard InChI is InChI=1S/C26H28N4O4/c1-2-34-23-15-7-6-14-22(23)25(32)27-17-9-16-24(31)28-20-12-8-13-21(18-20)30-26(33)29-19-10-4-3-5-11-19/h3-8,10-15,18H,2,9,16-17H2,1H3,(H,27,32)(H,28,31)(H2,29,30,33). The molecule has 3 rings (SSSR count). The molecule has 176 valence electrons. The van der Waals surface area contributed by atoms with E-state index in [1.54, 1.807) is 54.6 Å². The van der Waals surface area contributed by atoms with Crippen molar-refractivity contribution in [3.05, 3.63) is 84.4 Å². The van der Waals surface area contributed by atoms with Crippen LogP contribution in [0, 0.1) is 0 Å². The van der Waals surface area contributed by atoms with E-state index in [4.69, 9.17) is 4.74 Å². The Kier molecular flexibility index (Phi) is 9.04. The molecule has 0 aromatic heterocycles. The minimum Gasteiger partial charge on any atom is -0.493 e. The van der Waals surface area contributed by atoms with Crippen molar-refractivity contribution in [2.75, 3.05) is 29.1 Å². The molecular weight excluding hydrogens is 432 g/mol. The highest BCUT2D eigenvalue weighted by Crippen LogP contribution is 2.18. The summed E-state index contributed by atoms with van der Waals surface area (Å²) in [7, 11) is 0. The molecule has 8 heteroatoms. The number of anilines is 3. The number of benzene rings is 3. The Labute approximate surface area is 198 Å². The Bertz CT molecular complexity index is 1120. The van der Waals surface area contributed by atoms with Crippen LogP contribution in [0.15, 0.2) is 78.9 Å². The zero-order valence-electron chi connectivity index (χ0n) is 19.0. The van der Waals surface area contributed by atoms with Crippen LogP contribution in [0.3, 0.4) is 0 Å². The van der Waals surface area contributed by atoms with Crippen molar-refractivity contribution >= 4 is 34.9 Å². The number of hydrogen-bond acceptors (Lipinski definition) is 4. The fraction of sp³-hybridized carbons (Fsp3) is 0.192. The first-order valence-corrected chi connectivity index (χ1v) is 11.1. The summed E-state index contributed by atoms with van der Waals surface area (Å²) in [6.45, 7) is 2.69. The van der Waals surface area contributed by atoms with Gasteiger partial charge in [0, 0.05) is 30.0 Å². The van der Waals surface area contributed by atoms with E-state index < -0.39 is 0 Å². The number of urea groups is 1. The summed E-state index contributed by atoms with van der Waals surface area (Å²) in [5, 5.41) is 11.1. The highest BCUT2D eigenvalue weighted by molar-refractivity contribution is 6.00. The maximum Gasteiger partial charge on any atom is 0.323 e. The average Bonchev–Trinajstić information content (AvgIpc) is 2.83. The Balaban J connectivity index is 1.42. The minimum absolute atomic E-state index is 0.185. The number of ether oxygens (including phenoxy) is 1. The van der Waals surface area contributed by atoms with E-state index in [0.29, 0.717) is 47.9 Å². The van der Waals surface area contributed by atoms with Crippen LogP contribution in [0.2, 0.25) is 0 Å². The molecule has 0 aliphatic heterocycles. The largest absolute Gasteiger partial charge is 0.493 e. The third kappa shape index (κ3) is 7.67. The zero-order valence-corrected chi connectivity index (χ0v) is 19.0. The second-order valence-electron chi connectivity index (χ2n) is 7.36. The van der Waals surface area contributed by atoms with E-state index >= 15 is 0 Å². The predicted octanol–water partition coefficient (Wildman–Crippen LogP) is 4.88.